The second-order valence-corrected chi connectivity index (χ2v) is 6.28. The van der Waals surface area contributed by atoms with Crippen LogP contribution in [0, 0.1) is 5.92 Å². The Morgan fingerprint density at radius 2 is 2.19 bits per heavy atom. The molecule has 1 atom stereocenters. The molecule has 2 rings (SSSR count). The maximum absolute atomic E-state index is 12.0. The average Bonchev–Trinajstić information content (AvgIpc) is 2.81. The van der Waals surface area contributed by atoms with Gasteiger partial charge < -0.3 is 15.8 Å². The Kier molecular flexibility index (Phi) is 4.41. The van der Waals surface area contributed by atoms with Gasteiger partial charge >= 0.3 is 5.69 Å². The van der Waals surface area contributed by atoms with Crippen LogP contribution in [0.3, 0.4) is 0 Å². The molecule has 1 aromatic heterocycles. The van der Waals surface area contributed by atoms with E-state index in [-0.39, 0.29) is 23.0 Å². The van der Waals surface area contributed by atoms with Crippen molar-refractivity contribution in [2.75, 3.05) is 24.2 Å². The molecule has 0 radical (unpaired) electrons. The van der Waals surface area contributed by atoms with Crippen molar-refractivity contribution in [2.45, 2.75) is 45.8 Å². The summed E-state index contributed by atoms with van der Waals surface area (Å²) >= 11 is 0. The van der Waals surface area contributed by atoms with Gasteiger partial charge in [-0.15, -0.1) is 0 Å². The number of nitrogens with one attached hydrogen (secondary N) is 2. The number of nitrogens with two attached hydrogens (primary N) is 1. The van der Waals surface area contributed by atoms with Gasteiger partial charge in [0.2, 0.25) is 0 Å². The molecule has 1 fully saturated rings. The maximum Gasteiger partial charge on any atom is 0.330 e. The summed E-state index contributed by atoms with van der Waals surface area (Å²) < 4.78 is 7.07. The summed E-state index contributed by atoms with van der Waals surface area (Å²) in [5.41, 5.74) is 4.99. The van der Waals surface area contributed by atoms with Gasteiger partial charge in [-0.25, -0.2) is 4.79 Å². The lowest BCUT2D eigenvalue weighted by molar-refractivity contribution is 0.0315. The van der Waals surface area contributed by atoms with Gasteiger partial charge in [0.05, 0.1) is 5.60 Å². The number of ether oxygens (including phenoxy) is 1. The third kappa shape index (κ3) is 3.47. The van der Waals surface area contributed by atoms with E-state index in [0.29, 0.717) is 13.1 Å². The third-order valence-electron chi connectivity index (χ3n) is 3.73. The molecule has 0 spiro atoms. The number of aromatic amines is 1. The van der Waals surface area contributed by atoms with E-state index in [4.69, 9.17) is 10.5 Å². The van der Waals surface area contributed by atoms with Crippen LogP contribution in [-0.2, 0) is 11.3 Å². The zero-order valence-electron chi connectivity index (χ0n) is 12.9. The number of nitrogens with zero attached hydrogens (tertiary/aromatic N) is 1. The zero-order chi connectivity index (χ0) is 15.6. The fourth-order valence-corrected chi connectivity index (χ4v) is 2.56. The predicted octanol–water partition coefficient (Wildman–Crippen LogP) is 0.756. The predicted molar refractivity (Wildman–Crippen MR) is 82.7 cm³/mol. The topological polar surface area (TPSA) is 102 Å². The van der Waals surface area contributed by atoms with Crippen LogP contribution in [0.5, 0.6) is 0 Å². The van der Waals surface area contributed by atoms with Crippen molar-refractivity contribution < 1.29 is 4.74 Å². The Balaban J connectivity index is 2.26. The van der Waals surface area contributed by atoms with Crippen LogP contribution in [0.2, 0.25) is 0 Å². The van der Waals surface area contributed by atoms with Crippen molar-refractivity contribution in [3.05, 3.63) is 20.8 Å². The first kappa shape index (κ1) is 15.6. The van der Waals surface area contributed by atoms with Gasteiger partial charge in [0.25, 0.3) is 5.56 Å². The van der Waals surface area contributed by atoms with Crippen LogP contribution in [0.15, 0.2) is 9.59 Å². The number of aromatic nitrogens is 2. The fourth-order valence-electron chi connectivity index (χ4n) is 2.56. The van der Waals surface area contributed by atoms with Crippen LogP contribution >= 0.6 is 0 Å². The molecular weight excluding hydrogens is 272 g/mol. The summed E-state index contributed by atoms with van der Waals surface area (Å²) in [6, 6.07) is 0. The first-order valence-electron chi connectivity index (χ1n) is 7.33. The van der Waals surface area contributed by atoms with Gasteiger partial charge in [-0.05, 0) is 25.7 Å². The molecule has 4 N–H and O–H groups in total. The Morgan fingerprint density at radius 3 is 2.76 bits per heavy atom. The van der Waals surface area contributed by atoms with Crippen molar-refractivity contribution in [3.63, 3.8) is 0 Å². The minimum atomic E-state index is -0.487. The Hall–Kier alpha value is -1.76. The number of hydrogen-bond acceptors (Lipinski definition) is 5. The van der Waals surface area contributed by atoms with Crippen LogP contribution < -0.4 is 22.3 Å². The standard InChI is InChI=1S/C14H24N4O3/c1-9(2)7-18-11(15)10(12(19)17-13(18)20)16-8-14(3)5-4-6-21-14/h9,16H,4-8,15H2,1-3H3,(H,17,19,20). The summed E-state index contributed by atoms with van der Waals surface area (Å²) in [5, 5.41) is 3.05. The van der Waals surface area contributed by atoms with Gasteiger partial charge in [-0.2, -0.15) is 0 Å². The lowest BCUT2D eigenvalue weighted by atomic mass is 10.0. The SMILES string of the molecule is CC(C)Cn1c(N)c(NCC2(C)CCCO2)c(=O)[nH]c1=O. The van der Waals surface area contributed by atoms with E-state index in [9.17, 15) is 9.59 Å². The first-order chi connectivity index (χ1) is 9.82. The van der Waals surface area contributed by atoms with Crippen LogP contribution in [0.1, 0.15) is 33.6 Å². The minimum Gasteiger partial charge on any atom is -0.383 e. The third-order valence-corrected chi connectivity index (χ3v) is 3.73. The molecule has 1 aliphatic heterocycles. The van der Waals surface area contributed by atoms with Crippen LogP contribution in [0.25, 0.3) is 0 Å². The fraction of sp³-hybridized carbons (Fsp3) is 0.714. The Labute approximate surface area is 123 Å². The number of H-pyrrole nitrogens is 1. The van der Waals surface area contributed by atoms with E-state index in [2.05, 4.69) is 10.3 Å². The second-order valence-electron chi connectivity index (χ2n) is 6.28. The molecule has 21 heavy (non-hydrogen) atoms. The largest absolute Gasteiger partial charge is 0.383 e. The van der Waals surface area contributed by atoms with Gasteiger partial charge in [-0.1, -0.05) is 13.8 Å². The van der Waals surface area contributed by atoms with E-state index >= 15 is 0 Å². The highest BCUT2D eigenvalue weighted by Crippen LogP contribution is 2.25. The molecule has 118 valence electrons. The number of anilines is 2. The molecule has 0 aromatic carbocycles. The second kappa shape index (κ2) is 5.93. The van der Waals surface area contributed by atoms with E-state index in [1.54, 1.807) is 0 Å². The molecule has 2 heterocycles. The molecular formula is C14H24N4O3. The molecule has 1 aliphatic rings. The Bertz CT molecular complexity index is 612. The van der Waals surface area contributed by atoms with Crippen molar-refractivity contribution in [3.8, 4) is 0 Å². The molecule has 7 nitrogen and oxygen atoms in total. The molecule has 7 heteroatoms. The quantitative estimate of drug-likeness (QED) is 0.744. The molecule has 1 unspecified atom stereocenters. The van der Waals surface area contributed by atoms with Crippen molar-refractivity contribution in [1.82, 2.24) is 9.55 Å². The van der Waals surface area contributed by atoms with Crippen molar-refractivity contribution in [2.24, 2.45) is 5.92 Å². The zero-order valence-corrected chi connectivity index (χ0v) is 12.9. The Morgan fingerprint density at radius 1 is 1.48 bits per heavy atom. The highest BCUT2D eigenvalue weighted by Gasteiger charge is 2.30. The minimum absolute atomic E-state index is 0.180. The number of nitrogen functional groups attached to an aromatic ring is 1. The molecule has 0 aliphatic carbocycles. The normalized spacial score (nSPS) is 21.9. The van der Waals surface area contributed by atoms with Gasteiger partial charge in [0, 0.05) is 19.7 Å². The van der Waals surface area contributed by atoms with E-state index in [1.807, 2.05) is 20.8 Å². The molecule has 1 saturated heterocycles. The summed E-state index contributed by atoms with van der Waals surface area (Å²) in [7, 11) is 0. The molecule has 0 bridgehead atoms. The monoisotopic (exact) mass is 296 g/mol. The summed E-state index contributed by atoms with van der Waals surface area (Å²) in [5.74, 6) is 0.429. The lowest BCUT2D eigenvalue weighted by Crippen LogP contribution is -2.38. The van der Waals surface area contributed by atoms with Gasteiger partial charge in [0.15, 0.2) is 0 Å². The molecule has 0 amide bonds. The number of rotatable bonds is 5. The van der Waals surface area contributed by atoms with E-state index in [0.717, 1.165) is 19.4 Å². The summed E-state index contributed by atoms with van der Waals surface area (Å²) in [6.07, 6.45) is 1.94. The van der Waals surface area contributed by atoms with Crippen LogP contribution in [0.4, 0.5) is 11.5 Å². The van der Waals surface area contributed by atoms with Crippen molar-refractivity contribution in [1.29, 1.82) is 0 Å². The van der Waals surface area contributed by atoms with E-state index < -0.39 is 11.2 Å². The molecule has 1 aromatic rings. The highest BCUT2D eigenvalue weighted by atomic mass is 16.5. The van der Waals surface area contributed by atoms with Gasteiger partial charge in [-0.3, -0.25) is 14.3 Å². The summed E-state index contributed by atoms with van der Waals surface area (Å²) in [4.78, 5) is 26.1. The smallest absolute Gasteiger partial charge is 0.330 e. The first-order valence-corrected chi connectivity index (χ1v) is 7.33. The highest BCUT2D eigenvalue weighted by molar-refractivity contribution is 5.60. The van der Waals surface area contributed by atoms with Gasteiger partial charge in [0.1, 0.15) is 11.5 Å². The van der Waals surface area contributed by atoms with E-state index in [1.165, 1.54) is 4.57 Å². The lowest BCUT2D eigenvalue weighted by Gasteiger charge is -2.24. The molecule has 0 saturated carbocycles. The van der Waals surface area contributed by atoms with Crippen molar-refractivity contribution >= 4 is 11.5 Å². The maximum atomic E-state index is 12.0. The average molecular weight is 296 g/mol. The van der Waals surface area contributed by atoms with Crippen LogP contribution in [-0.4, -0.2) is 28.3 Å². The number of hydrogen-bond donors (Lipinski definition) is 3. The summed E-state index contributed by atoms with van der Waals surface area (Å²) in [6.45, 7) is 7.65.